The van der Waals surface area contributed by atoms with Gasteiger partial charge in [0.1, 0.15) is 5.82 Å². The molecule has 0 aromatic heterocycles. The Labute approximate surface area is 165 Å². The van der Waals surface area contributed by atoms with Crippen LogP contribution in [0.3, 0.4) is 0 Å². The fraction of sp³-hybridized carbons (Fsp3) is 0.550. The van der Waals surface area contributed by atoms with Crippen LogP contribution in [-0.2, 0) is 11.3 Å². The molecule has 148 valence electrons. The lowest BCUT2D eigenvalue weighted by atomic mass is 10.1. The Morgan fingerprint density at radius 1 is 1.30 bits per heavy atom. The van der Waals surface area contributed by atoms with Gasteiger partial charge in [-0.15, -0.1) is 0 Å². The number of hydrogen-bond donors (Lipinski definition) is 1. The van der Waals surface area contributed by atoms with Crippen LogP contribution in [0.2, 0.25) is 5.02 Å². The Hall–Kier alpha value is -1.63. The largest absolute Gasteiger partial charge is 0.377 e. The fourth-order valence-electron chi connectivity index (χ4n) is 3.48. The molecule has 0 atom stereocenters. The Morgan fingerprint density at radius 3 is 2.78 bits per heavy atom. The van der Waals surface area contributed by atoms with Crippen molar-refractivity contribution in [3.63, 3.8) is 0 Å². The molecule has 2 aliphatic rings. The molecule has 1 N–H and O–H groups in total. The van der Waals surface area contributed by atoms with Crippen molar-refractivity contribution in [2.45, 2.75) is 19.4 Å². The van der Waals surface area contributed by atoms with Gasteiger partial charge in [0.05, 0.1) is 13.2 Å². The molecule has 2 aliphatic heterocycles. The molecule has 0 amide bonds. The second-order valence-electron chi connectivity index (χ2n) is 6.87. The Bertz CT molecular complexity index is 666. The highest BCUT2D eigenvalue weighted by Crippen LogP contribution is 2.21. The van der Waals surface area contributed by atoms with E-state index in [-0.39, 0.29) is 5.82 Å². The minimum atomic E-state index is -0.232. The number of hydrogen-bond acceptors (Lipinski definition) is 3. The molecule has 3 rings (SSSR count). The SMILES string of the molecule is CN=C(NCCC1=CCOCC1)N1CCN(Cc2c(F)cccc2Cl)CC1. The van der Waals surface area contributed by atoms with Crippen LogP contribution < -0.4 is 5.32 Å². The molecule has 0 spiro atoms. The normalized spacial score (nSPS) is 19.1. The molecular weight excluding hydrogens is 367 g/mol. The summed E-state index contributed by atoms with van der Waals surface area (Å²) in [6.45, 7) is 6.42. The Kier molecular flexibility index (Phi) is 7.50. The van der Waals surface area contributed by atoms with E-state index >= 15 is 0 Å². The summed E-state index contributed by atoms with van der Waals surface area (Å²) in [7, 11) is 1.82. The topological polar surface area (TPSA) is 40.1 Å². The molecule has 1 aromatic carbocycles. The average Bonchev–Trinajstić information content (AvgIpc) is 2.70. The van der Waals surface area contributed by atoms with Gasteiger partial charge in [-0.25, -0.2) is 4.39 Å². The molecule has 2 heterocycles. The Morgan fingerprint density at radius 2 is 2.11 bits per heavy atom. The lowest BCUT2D eigenvalue weighted by Gasteiger charge is -2.36. The third-order valence-corrected chi connectivity index (χ3v) is 5.47. The van der Waals surface area contributed by atoms with Gasteiger partial charge in [0.15, 0.2) is 5.96 Å². The quantitative estimate of drug-likeness (QED) is 0.473. The molecule has 1 fully saturated rings. The van der Waals surface area contributed by atoms with Gasteiger partial charge >= 0.3 is 0 Å². The Balaban J connectivity index is 1.45. The summed E-state index contributed by atoms with van der Waals surface area (Å²) in [4.78, 5) is 8.92. The van der Waals surface area contributed by atoms with Crippen LogP contribution in [0, 0.1) is 5.82 Å². The van der Waals surface area contributed by atoms with E-state index in [0.717, 1.165) is 64.7 Å². The number of ether oxygens (including phenoxy) is 1. The molecule has 0 saturated carbocycles. The molecule has 0 radical (unpaired) electrons. The first-order valence-electron chi connectivity index (χ1n) is 9.54. The second-order valence-corrected chi connectivity index (χ2v) is 7.28. The van der Waals surface area contributed by atoms with E-state index < -0.39 is 0 Å². The number of aliphatic imine (C=N–C) groups is 1. The van der Waals surface area contributed by atoms with Crippen molar-refractivity contribution in [1.82, 2.24) is 15.1 Å². The summed E-state index contributed by atoms with van der Waals surface area (Å²) in [5.41, 5.74) is 2.04. The van der Waals surface area contributed by atoms with E-state index in [1.807, 2.05) is 7.05 Å². The van der Waals surface area contributed by atoms with Crippen LogP contribution in [0.15, 0.2) is 34.8 Å². The number of guanidine groups is 1. The van der Waals surface area contributed by atoms with Gasteiger partial charge in [0.25, 0.3) is 0 Å². The zero-order valence-electron chi connectivity index (χ0n) is 15.9. The van der Waals surface area contributed by atoms with Gasteiger partial charge in [-0.1, -0.05) is 29.3 Å². The predicted molar refractivity (Wildman–Crippen MR) is 108 cm³/mol. The number of nitrogens with zero attached hydrogens (tertiary/aromatic N) is 3. The predicted octanol–water partition coefficient (Wildman–Crippen LogP) is 2.91. The minimum Gasteiger partial charge on any atom is -0.377 e. The molecule has 0 bridgehead atoms. The van der Waals surface area contributed by atoms with Gasteiger partial charge < -0.3 is 15.0 Å². The fourth-order valence-corrected chi connectivity index (χ4v) is 3.71. The summed E-state index contributed by atoms with van der Waals surface area (Å²) >= 11 is 6.15. The third-order valence-electron chi connectivity index (χ3n) is 5.11. The highest BCUT2D eigenvalue weighted by Gasteiger charge is 2.21. The molecule has 0 aliphatic carbocycles. The van der Waals surface area contributed by atoms with Crippen LogP contribution in [0.25, 0.3) is 0 Å². The van der Waals surface area contributed by atoms with Crippen LogP contribution >= 0.6 is 11.6 Å². The van der Waals surface area contributed by atoms with Crippen molar-refractivity contribution in [3.05, 3.63) is 46.3 Å². The maximum Gasteiger partial charge on any atom is 0.193 e. The van der Waals surface area contributed by atoms with E-state index in [1.165, 1.54) is 11.6 Å². The smallest absolute Gasteiger partial charge is 0.193 e. The first-order chi connectivity index (χ1) is 13.2. The number of piperazine rings is 1. The van der Waals surface area contributed by atoms with Crippen LogP contribution in [-0.4, -0.2) is 68.7 Å². The van der Waals surface area contributed by atoms with Crippen molar-refractivity contribution in [3.8, 4) is 0 Å². The number of benzene rings is 1. The minimum absolute atomic E-state index is 0.232. The summed E-state index contributed by atoms with van der Waals surface area (Å²) in [6.07, 6.45) is 4.23. The summed E-state index contributed by atoms with van der Waals surface area (Å²) < 4.78 is 19.3. The van der Waals surface area contributed by atoms with Gasteiger partial charge in [0.2, 0.25) is 0 Å². The molecular formula is C20H28ClFN4O. The highest BCUT2D eigenvalue weighted by molar-refractivity contribution is 6.31. The van der Waals surface area contributed by atoms with Crippen molar-refractivity contribution in [2.75, 3.05) is 53.0 Å². The highest BCUT2D eigenvalue weighted by atomic mass is 35.5. The van der Waals surface area contributed by atoms with Crippen LogP contribution in [0.5, 0.6) is 0 Å². The number of halogens is 2. The summed E-state index contributed by atoms with van der Waals surface area (Å²) in [5, 5.41) is 3.96. The van der Waals surface area contributed by atoms with Gasteiger partial charge in [-0.05, 0) is 25.0 Å². The summed E-state index contributed by atoms with van der Waals surface area (Å²) in [5.74, 6) is 0.705. The number of rotatable bonds is 5. The molecule has 7 heteroatoms. The molecule has 1 saturated heterocycles. The van der Waals surface area contributed by atoms with Crippen molar-refractivity contribution >= 4 is 17.6 Å². The monoisotopic (exact) mass is 394 g/mol. The first-order valence-corrected chi connectivity index (χ1v) is 9.91. The number of nitrogens with one attached hydrogen (secondary N) is 1. The average molecular weight is 395 g/mol. The third kappa shape index (κ3) is 5.67. The summed E-state index contributed by atoms with van der Waals surface area (Å²) in [6, 6.07) is 4.86. The maximum atomic E-state index is 14.0. The zero-order valence-corrected chi connectivity index (χ0v) is 16.6. The molecule has 1 aromatic rings. The first kappa shape index (κ1) is 20.1. The van der Waals surface area contributed by atoms with E-state index in [9.17, 15) is 4.39 Å². The van der Waals surface area contributed by atoms with E-state index in [2.05, 4.69) is 26.2 Å². The van der Waals surface area contributed by atoms with Gasteiger partial charge in [-0.2, -0.15) is 0 Å². The van der Waals surface area contributed by atoms with E-state index in [0.29, 0.717) is 17.1 Å². The lowest BCUT2D eigenvalue weighted by Crippen LogP contribution is -2.52. The molecule has 5 nitrogen and oxygen atoms in total. The van der Waals surface area contributed by atoms with Crippen LogP contribution in [0.4, 0.5) is 4.39 Å². The molecule has 0 unspecified atom stereocenters. The van der Waals surface area contributed by atoms with Gasteiger partial charge in [0, 0.05) is 56.9 Å². The van der Waals surface area contributed by atoms with Crippen molar-refractivity contribution in [2.24, 2.45) is 4.99 Å². The molecule has 27 heavy (non-hydrogen) atoms. The van der Waals surface area contributed by atoms with Crippen molar-refractivity contribution in [1.29, 1.82) is 0 Å². The van der Waals surface area contributed by atoms with E-state index in [1.54, 1.807) is 12.1 Å². The zero-order chi connectivity index (χ0) is 19.1. The lowest BCUT2D eigenvalue weighted by molar-refractivity contribution is 0.153. The second kappa shape index (κ2) is 10.1. The van der Waals surface area contributed by atoms with Crippen molar-refractivity contribution < 1.29 is 9.13 Å². The standard InChI is InChI=1S/C20H28ClFN4O/c1-23-20(24-8-5-16-6-13-27-14-7-16)26-11-9-25(10-12-26)15-17-18(21)3-2-4-19(17)22/h2-4,6H,5,7-15H2,1H3,(H,23,24). The maximum absolute atomic E-state index is 14.0. The van der Waals surface area contributed by atoms with Gasteiger partial charge in [-0.3, -0.25) is 9.89 Å². The van der Waals surface area contributed by atoms with E-state index in [4.69, 9.17) is 16.3 Å². The van der Waals surface area contributed by atoms with Crippen LogP contribution in [0.1, 0.15) is 18.4 Å².